The number of benzene rings is 2. The lowest BCUT2D eigenvalue weighted by Crippen LogP contribution is -2.34. The topological polar surface area (TPSA) is 48.5 Å². The molecule has 4 nitrogen and oxygen atoms in total. The van der Waals surface area contributed by atoms with Crippen LogP contribution in [0.3, 0.4) is 0 Å². The molecule has 1 aliphatic heterocycles. The lowest BCUT2D eigenvalue weighted by Gasteiger charge is -2.29. The van der Waals surface area contributed by atoms with Crippen LogP contribution in [0.5, 0.6) is 5.75 Å². The Morgan fingerprint density at radius 1 is 1.19 bits per heavy atom. The number of aromatic amines is 1. The number of β-amino-alcohol motifs (C(OH)–C–C–N with tert-alkyl or cyclic N) is 1. The van der Waals surface area contributed by atoms with Gasteiger partial charge in [-0.1, -0.05) is 23.8 Å². The highest BCUT2D eigenvalue weighted by molar-refractivity contribution is 5.86. The largest absolute Gasteiger partial charge is 0.497 e. The summed E-state index contributed by atoms with van der Waals surface area (Å²) in [7, 11) is 1.70. The standard InChI is InChI=1S/C22H26N2O2/c1-14-4-6-17(15(2)10-14)22(25)13-24-9-8-21-19(12-24)18-11-16(26-3)5-7-20(18)23-21/h4-7,10-11,22-23,25H,8-9,12-13H2,1-3H3. The molecule has 0 radical (unpaired) electrons. The van der Waals surface area contributed by atoms with Crippen molar-refractivity contribution in [2.24, 2.45) is 0 Å². The molecule has 2 aromatic carbocycles. The zero-order valence-corrected chi connectivity index (χ0v) is 15.7. The van der Waals surface area contributed by atoms with Crippen molar-refractivity contribution in [1.82, 2.24) is 9.88 Å². The summed E-state index contributed by atoms with van der Waals surface area (Å²) >= 11 is 0. The van der Waals surface area contributed by atoms with Crippen molar-refractivity contribution in [1.29, 1.82) is 0 Å². The SMILES string of the molecule is COc1ccc2[nH]c3c(c2c1)CN(CC(O)c1ccc(C)cc1C)CC3. The van der Waals surface area contributed by atoms with Crippen LogP contribution in [0.2, 0.25) is 0 Å². The molecule has 4 rings (SSSR count). The summed E-state index contributed by atoms with van der Waals surface area (Å²) in [6, 6.07) is 12.5. The van der Waals surface area contributed by atoms with Crippen LogP contribution >= 0.6 is 0 Å². The van der Waals surface area contributed by atoms with E-state index in [0.29, 0.717) is 6.54 Å². The Morgan fingerprint density at radius 3 is 2.81 bits per heavy atom. The van der Waals surface area contributed by atoms with Gasteiger partial charge in [-0.15, -0.1) is 0 Å². The highest BCUT2D eigenvalue weighted by Gasteiger charge is 2.23. The average Bonchev–Trinajstić information content (AvgIpc) is 2.98. The van der Waals surface area contributed by atoms with Gasteiger partial charge in [0.25, 0.3) is 0 Å². The maximum Gasteiger partial charge on any atom is 0.119 e. The first-order valence-corrected chi connectivity index (χ1v) is 9.20. The minimum absolute atomic E-state index is 0.461. The van der Waals surface area contributed by atoms with Crippen LogP contribution in [-0.4, -0.2) is 35.2 Å². The fourth-order valence-electron chi connectivity index (χ4n) is 4.07. The number of fused-ring (bicyclic) bond motifs is 3. The number of aryl methyl sites for hydroxylation is 2. The second-order valence-electron chi connectivity index (χ2n) is 7.35. The maximum atomic E-state index is 10.8. The number of aliphatic hydroxyl groups excluding tert-OH is 1. The minimum Gasteiger partial charge on any atom is -0.497 e. The molecule has 1 aliphatic rings. The van der Waals surface area contributed by atoms with Crippen LogP contribution in [0.1, 0.15) is 34.1 Å². The number of methoxy groups -OCH3 is 1. The van der Waals surface area contributed by atoms with Crippen LogP contribution in [0.4, 0.5) is 0 Å². The summed E-state index contributed by atoms with van der Waals surface area (Å²) in [5, 5.41) is 12.0. The van der Waals surface area contributed by atoms with E-state index in [9.17, 15) is 5.11 Å². The van der Waals surface area contributed by atoms with Gasteiger partial charge in [-0.05, 0) is 48.7 Å². The van der Waals surface area contributed by atoms with Gasteiger partial charge in [-0.3, -0.25) is 4.90 Å². The zero-order chi connectivity index (χ0) is 18.3. The molecule has 0 saturated heterocycles. The van der Waals surface area contributed by atoms with E-state index in [4.69, 9.17) is 4.74 Å². The number of aromatic nitrogens is 1. The van der Waals surface area contributed by atoms with E-state index in [-0.39, 0.29) is 0 Å². The van der Waals surface area contributed by atoms with Crippen molar-refractivity contribution in [3.05, 3.63) is 64.3 Å². The van der Waals surface area contributed by atoms with Crippen LogP contribution in [0.25, 0.3) is 10.9 Å². The zero-order valence-electron chi connectivity index (χ0n) is 15.7. The van der Waals surface area contributed by atoms with Gasteiger partial charge in [0.2, 0.25) is 0 Å². The van der Waals surface area contributed by atoms with Gasteiger partial charge in [-0.25, -0.2) is 0 Å². The highest BCUT2D eigenvalue weighted by atomic mass is 16.5. The van der Waals surface area contributed by atoms with E-state index in [1.165, 1.54) is 22.2 Å². The summed E-state index contributed by atoms with van der Waals surface area (Å²) in [6.07, 6.45) is 0.517. The Labute approximate surface area is 154 Å². The summed E-state index contributed by atoms with van der Waals surface area (Å²) in [4.78, 5) is 5.89. The number of nitrogens with zero attached hydrogens (tertiary/aromatic N) is 1. The van der Waals surface area contributed by atoms with E-state index < -0.39 is 6.10 Å². The number of hydrogen-bond acceptors (Lipinski definition) is 3. The number of rotatable bonds is 4. The number of hydrogen-bond donors (Lipinski definition) is 2. The molecule has 0 fully saturated rings. The molecule has 0 amide bonds. The molecule has 0 spiro atoms. The van der Waals surface area contributed by atoms with E-state index in [1.807, 2.05) is 6.07 Å². The molecule has 0 bridgehead atoms. The van der Waals surface area contributed by atoms with Crippen molar-refractivity contribution in [3.63, 3.8) is 0 Å². The van der Waals surface area contributed by atoms with Gasteiger partial charge in [0, 0.05) is 42.7 Å². The molecule has 2 N–H and O–H groups in total. The molecular weight excluding hydrogens is 324 g/mol. The van der Waals surface area contributed by atoms with Gasteiger partial charge in [-0.2, -0.15) is 0 Å². The van der Waals surface area contributed by atoms with Crippen molar-refractivity contribution >= 4 is 10.9 Å². The van der Waals surface area contributed by atoms with Crippen molar-refractivity contribution in [2.45, 2.75) is 32.9 Å². The molecule has 2 heterocycles. The molecule has 1 atom stereocenters. The molecule has 4 heteroatoms. The molecule has 1 unspecified atom stereocenters. The van der Waals surface area contributed by atoms with Crippen LogP contribution in [0.15, 0.2) is 36.4 Å². The first kappa shape index (κ1) is 17.1. The smallest absolute Gasteiger partial charge is 0.119 e. The maximum absolute atomic E-state index is 10.8. The lowest BCUT2D eigenvalue weighted by molar-refractivity contribution is 0.105. The average molecular weight is 350 g/mol. The predicted octanol–water partition coefficient (Wildman–Crippen LogP) is 3.89. The second-order valence-corrected chi connectivity index (χ2v) is 7.35. The number of nitrogens with one attached hydrogen (secondary N) is 1. The normalized spacial score (nSPS) is 15.8. The second kappa shape index (κ2) is 6.78. The fraction of sp³-hybridized carbons (Fsp3) is 0.364. The molecule has 1 aromatic heterocycles. The van der Waals surface area contributed by atoms with Gasteiger partial charge in [0.15, 0.2) is 0 Å². The van der Waals surface area contributed by atoms with Gasteiger partial charge >= 0.3 is 0 Å². The Kier molecular flexibility index (Phi) is 4.47. The van der Waals surface area contributed by atoms with Gasteiger partial charge in [0.1, 0.15) is 5.75 Å². The number of H-pyrrole nitrogens is 1. The third kappa shape index (κ3) is 3.11. The van der Waals surface area contributed by atoms with Crippen LogP contribution < -0.4 is 4.74 Å². The first-order valence-electron chi connectivity index (χ1n) is 9.20. The highest BCUT2D eigenvalue weighted by Crippen LogP contribution is 2.31. The Morgan fingerprint density at radius 2 is 2.04 bits per heavy atom. The van der Waals surface area contributed by atoms with Crippen LogP contribution in [0, 0.1) is 13.8 Å². The third-order valence-electron chi connectivity index (χ3n) is 5.48. The molecule has 0 aliphatic carbocycles. The van der Waals surface area contributed by atoms with E-state index in [1.54, 1.807) is 7.11 Å². The summed E-state index contributed by atoms with van der Waals surface area (Å²) < 4.78 is 5.39. The van der Waals surface area contributed by atoms with E-state index >= 15 is 0 Å². The predicted molar refractivity (Wildman–Crippen MR) is 105 cm³/mol. The van der Waals surface area contributed by atoms with Crippen molar-refractivity contribution < 1.29 is 9.84 Å². The van der Waals surface area contributed by atoms with Crippen LogP contribution in [-0.2, 0) is 13.0 Å². The minimum atomic E-state index is -0.461. The quantitative estimate of drug-likeness (QED) is 0.751. The van der Waals surface area contributed by atoms with E-state index in [2.05, 4.69) is 54.1 Å². The van der Waals surface area contributed by atoms with Crippen molar-refractivity contribution in [3.8, 4) is 5.75 Å². The Bertz CT molecular complexity index is 945. The lowest BCUT2D eigenvalue weighted by atomic mass is 9.99. The van der Waals surface area contributed by atoms with Crippen molar-refractivity contribution in [2.75, 3.05) is 20.2 Å². The van der Waals surface area contributed by atoms with E-state index in [0.717, 1.165) is 41.9 Å². The van der Waals surface area contributed by atoms with Gasteiger partial charge in [0.05, 0.1) is 13.2 Å². The number of aliphatic hydroxyl groups is 1. The molecule has 3 aromatic rings. The third-order valence-corrected chi connectivity index (χ3v) is 5.48. The monoisotopic (exact) mass is 350 g/mol. The number of ether oxygens (including phenoxy) is 1. The molecular formula is C22H26N2O2. The first-order chi connectivity index (χ1) is 12.5. The summed E-state index contributed by atoms with van der Waals surface area (Å²) in [5.74, 6) is 0.881. The summed E-state index contributed by atoms with van der Waals surface area (Å²) in [5.41, 5.74) is 7.22. The van der Waals surface area contributed by atoms with Gasteiger partial charge < -0.3 is 14.8 Å². The summed E-state index contributed by atoms with van der Waals surface area (Å²) in [6.45, 7) is 6.62. The molecule has 0 saturated carbocycles. The fourth-order valence-corrected chi connectivity index (χ4v) is 4.07. The molecule has 136 valence electrons. The Hall–Kier alpha value is -2.30. The Balaban J connectivity index is 1.56. The molecule has 26 heavy (non-hydrogen) atoms.